The number of tetrazole rings is 1. The molecule has 33 heavy (non-hydrogen) atoms. The predicted octanol–water partition coefficient (Wildman–Crippen LogP) is 4.74. The van der Waals surface area contributed by atoms with Crippen molar-refractivity contribution in [3.63, 3.8) is 0 Å². The summed E-state index contributed by atoms with van der Waals surface area (Å²) in [4.78, 5) is 17.0. The van der Waals surface area contributed by atoms with Crippen molar-refractivity contribution in [1.82, 2.24) is 35.4 Å². The highest BCUT2D eigenvalue weighted by Gasteiger charge is 2.17. The van der Waals surface area contributed by atoms with Gasteiger partial charge >= 0.3 is 0 Å². The summed E-state index contributed by atoms with van der Waals surface area (Å²) >= 11 is 0. The molecule has 0 amide bonds. The van der Waals surface area contributed by atoms with Crippen LogP contribution < -0.4 is 0 Å². The molecule has 0 bridgehead atoms. The van der Waals surface area contributed by atoms with Crippen LogP contribution in [0.15, 0.2) is 48.5 Å². The summed E-state index contributed by atoms with van der Waals surface area (Å²) in [6.07, 6.45) is 2.88. The highest BCUT2D eigenvalue weighted by atomic mass is 16.1. The van der Waals surface area contributed by atoms with E-state index in [0.717, 1.165) is 47.5 Å². The minimum Gasteiger partial charge on any atom is -0.291 e. The summed E-state index contributed by atoms with van der Waals surface area (Å²) in [6, 6.07) is 16.4. The number of carbonyl (C=O) groups is 1. The van der Waals surface area contributed by atoms with Gasteiger partial charge in [-0.3, -0.25) is 4.79 Å². The van der Waals surface area contributed by atoms with Gasteiger partial charge in [0.05, 0.1) is 0 Å². The molecular formula is C25H29N7O. The van der Waals surface area contributed by atoms with Gasteiger partial charge in [0.15, 0.2) is 5.82 Å². The number of aromatic amines is 1. The maximum Gasteiger partial charge on any atom is 0.217 e. The largest absolute Gasteiger partial charge is 0.291 e. The Kier molecular flexibility index (Phi) is 7.02. The SMILES string of the molecule is CCCC(=O)c1nc(Cc2ccc(-c3ccccc3-c3nnn[nH]3)cc2)n(CCC(C)C)n1. The summed E-state index contributed by atoms with van der Waals surface area (Å²) < 4.78 is 1.91. The van der Waals surface area contributed by atoms with Crippen LogP contribution in [0.5, 0.6) is 0 Å². The first kappa shape index (κ1) is 22.5. The number of hydrogen-bond acceptors (Lipinski definition) is 6. The number of rotatable bonds is 10. The van der Waals surface area contributed by atoms with Gasteiger partial charge in [-0.05, 0) is 45.9 Å². The van der Waals surface area contributed by atoms with Crippen LogP contribution in [-0.2, 0) is 13.0 Å². The number of nitrogens with one attached hydrogen (secondary N) is 1. The third kappa shape index (κ3) is 5.39. The van der Waals surface area contributed by atoms with E-state index in [2.05, 4.69) is 74.9 Å². The van der Waals surface area contributed by atoms with E-state index < -0.39 is 0 Å². The molecular weight excluding hydrogens is 414 g/mol. The Morgan fingerprint density at radius 3 is 2.48 bits per heavy atom. The first-order valence-electron chi connectivity index (χ1n) is 11.4. The molecule has 8 heteroatoms. The van der Waals surface area contributed by atoms with Gasteiger partial charge < -0.3 is 0 Å². The normalized spacial score (nSPS) is 11.3. The highest BCUT2D eigenvalue weighted by Crippen LogP contribution is 2.30. The molecule has 0 radical (unpaired) electrons. The molecule has 2 aromatic heterocycles. The lowest BCUT2D eigenvalue weighted by molar-refractivity contribution is 0.0971. The lowest BCUT2D eigenvalue weighted by Crippen LogP contribution is -2.09. The van der Waals surface area contributed by atoms with Crippen molar-refractivity contribution in [3.8, 4) is 22.5 Å². The van der Waals surface area contributed by atoms with E-state index in [1.54, 1.807) is 0 Å². The van der Waals surface area contributed by atoms with Crippen molar-refractivity contribution in [2.75, 3.05) is 0 Å². The first-order chi connectivity index (χ1) is 16.0. The van der Waals surface area contributed by atoms with Gasteiger partial charge in [-0.15, -0.1) is 10.2 Å². The van der Waals surface area contributed by atoms with Gasteiger partial charge in [0.1, 0.15) is 5.82 Å². The molecule has 8 nitrogen and oxygen atoms in total. The van der Waals surface area contributed by atoms with E-state index in [1.165, 1.54) is 0 Å². The molecule has 0 saturated heterocycles. The van der Waals surface area contributed by atoms with E-state index >= 15 is 0 Å². The zero-order valence-corrected chi connectivity index (χ0v) is 19.3. The van der Waals surface area contributed by atoms with E-state index in [0.29, 0.717) is 30.4 Å². The van der Waals surface area contributed by atoms with Crippen LogP contribution in [0.1, 0.15) is 62.0 Å². The number of aryl methyl sites for hydroxylation is 1. The van der Waals surface area contributed by atoms with Crippen LogP contribution in [0.2, 0.25) is 0 Å². The molecule has 0 atom stereocenters. The average molecular weight is 444 g/mol. The zero-order valence-electron chi connectivity index (χ0n) is 19.3. The molecule has 2 aromatic carbocycles. The summed E-state index contributed by atoms with van der Waals surface area (Å²) in [5.41, 5.74) is 4.19. The quantitative estimate of drug-likeness (QED) is 0.355. The molecule has 0 spiro atoms. The maximum absolute atomic E-state index is 12.4. The van der Waals surface area contributed by atoms with Gasteiger partial charge in [-0.2, -0.15) is 0 Å². The molecule has 0 saturated carbocycles. The first-order valence-corrected chi connectivity index (χ1v) is 11.4. The molecule has 170 valence electrons. The number of carbonyl (C=O) groups excluding carboxylic acids is 1. The number of hydrogen-bond donors (Lipinski definition) is 1. The molecule has 4 aromatic rings. The lowest BCUT2D eigenvalue weighted by Gasteiger charge is -2.10. The van der Waals surface area contributed by atoms with E-state index in [1.807, 2.05) is 29.8 Å². The van der Waals surface area contributed by atoms with Crippen LogP contribution in [-0.4, -0.2) is 41.2 Å². The van der Waals surface area contributed by atoms with Gasteiger partial charge in [0, 0.05) is 24.9 Å². The Bertz CT molecular complexity index is 1190. The molecule has 0 aliphatic heterocycles. The van der Waals surface area contributed by atoms with Crippen molar-refractivity contribution in [3.05, 3.63) is 65.7 Å². The van der Waals surface area contributed by atoms with Crippen molar-refractivity contribution in [2.45, 2.75) is 53.0 Å². The summed E-state index contributed by atoms with van der Waals surface area (Å²) in [6.45, 7) is 7.12. The second kappa shape index (κ2) is 10.3. The maximum atomic E-state index is 12.4. The van der Waals surface area contributed by atoms with E-state index in [-0.39, 0.29) is 5.78 Å². The second-order valence-electron chi connectivity index (χ2n) is 8.60. The van der Waals surface area contributed by atoms with Crippen molar-refractivity contribution in [1.29, 1.82) is 0 Å². The van der Waals surface area contributed by atoms with Crippen LogP contribution >= 0.6 is 0 Å². The molecule has 4 rings (SSSR count). The zero-order chi connectivity index (χ0) is 23.2. The third-order valence-electron chi connectivity index (χ3n) is 5.55. The smallest absolute Gasteiger partial charge is 0.217 e. The van der Waals surface area contributed by atoms with Gasteiger partial charge in [-0.1, -0.05) is 69.3 Å². The van der Waals surface area contributed by atoms with E-state index in [9.17, 15) is 4.79 Å². The monoisotopic (exact) mass is 443 g/mol. The van der Waals surface area contributed by atoms with Crippen molar-refractivity contribution < 1.29 is 4.79 Å². The number of ketones is 1. The molecule has 0 fully saturated rings. The number of aromatic nitrogens is 7. The minimum absolute atomic E-state index is 0.0101. The molecule has 1 N–H and O–H groups in total. The van der Waals surface area contributed by atoms with Crippen LogP contribution in [0.3, 0.4) is 0 Å². The van der Waals surface area contributed by atoms with Crippen LogP contribution in [0, 0.1) is 5.92 Å². The standard InChI is InChI=1S/C25H29N7O/c1-4-7-22(33)25-26-23(32(29-25)15-14-17(2)3)16-18-10-12-19(13-11-18)20-8-5-6-9-21(20)24-27-30-31-28-24/h5-6,8-13,17H,4,7,14-16H2,1-3H3,(H,27,28,30,31). The third-order valence-corrected chi connectivity index (χ3v) is 5.55. The fourth-order valence-corrected chi connectivity index (χ4v) is 3.72. The van der Waals surface area contributed by atoms with Crippen molar-refractivity contribution in [2.24, 2.45) is 5.92 Å². The Morgan fingerprint density at radius 2 is 1.82 bits per heavy atom. The number of benzene rings is 2. The Labute approximate surface area is 193 Å². The lowest BCUT2D eigenvalue weighted by atomic mass is 9.98. The van der Waals surface area contributed by atoms with Gasteiger partial charge in [-0.25, -0.2) is 14.8 Å². The number of Topliss-reactive ketones (excluding diaryl/α,β-unsaturated/α-hetero) is 1. The number of nitrogens with zero attached hydrogens (tertiary/aromatic N) is 6. The molecule has 0 unspecified atom stereocenters. The fourth-order valence-electron chi connectivity index (χ4n) is 3.72. The van der Waals surface area contributed by atoms with Crippen LogP contribution in [0.4, 0.5) is 0 Å². The highest BCUT2D eigenvalue weighted by molar-refractivity contribution is 5.92. The van der Waals surface area contributed by atoms with Gasteiger partial charge in [0.2, 0.25) is 11.6 Å². The summed E-state index contributed by atoms with van der Waals surface area (Å²) in [5.74, 6) is 2.36. The second-order valence-corrected chi connectivity index (χ2v) is 8.60. The predicted molar refractivity (Wildman–Crippen MR) is 127 cm³/mol. The van der Waals surface area contributed by atoms with Gasteiger partial charge in [0.25, 0.3) is 0 Å². The minimum atomic E-state index is 0.0101. The topological polar surface area (TPSA) is 102 Å². The Morgan fingerprint density at radius 1 is 1.06 bits per heavy atom. The summed E-state index contributed by atoms with van der Waals surface area (Å²) in [5, 5.41) is 18.8. The van der Waals surface area contributed by atoms with Crippen LogP contribution in [0.25, 0.3) is 22.5 Å². The molecule has 2 heterocycles. The van der Waals surface area contributed by atoms with Crippen molar-refractivity contribution >= 4 is 5.78 Å². The summed E-state index contributed by atoms with van der Waals surface area (Å²) in [7, 11) is 0. The Hall–Kier alpha value is -3.68. The molecule has 0 aliphatic carbocycles. The number of H-pyrrole nitrogens is 1. The fraction of sp³-hybridized carbons (Fsp3) is 0.360. The van der Waals surface area contributed by atoms with E-state index in [4.69, 9.17) is 0 Å². The average Bonchev–Trinajstić information content (AvgIpc) is 3.49. The Balaban J connectivity index is 1.58. The molecule has 0 aliphatic rings.